The number of ether oxygens (including phenoxy) is 1. The van der Waals surface area contributed by atoms with E-state index in [9.17, 15) is 15.0 Å². The number of aliphatic hydroxyl groups excluding tert-OH is 2. The third-order valence-corrected chi connectivity index (χ3v) is 7.96. The Kier molecular flexibility index (Phi) is 5.94. The summed E-state index contributed by atoms with van der Waals surface area (Å²) >= 11 is 4.91. The Labute approximate surface area is 180 Å². The third kappa shape index (κ3) is 4.05. The van der Waals surface area contributed by atoms with Gasteiger partial charge in [-0.3, -0.25) is 0 Å². The molecule has 0 unspecified atom stereocenters. The van der Waals surface area contributed by atoms with Crippen molar-refractivity contribution in [2.75, 3.05) is 7.11 Å². The first-order valence-corrected chi connectivity index (χ1v) is 11.4. The van der Waals surface area contributed by atoms with E-state index in [1.807, 2.05) is 35.0 Å². The first-order chi connectivity index (χ1) is 14.1. The van der Waals surface area contributed by atoms with Gasteiger partial charge in [0.05, 0.1) is 30.8 Å². The monoisotopic (exact) mass is 442 g/mol. The largest absolute Gasteiger partial charge is 0.465 e. The maximum absolute atomic E-state index is 11.7. The predicted octanol–water partition coefficient (Wildman–Crippen LogP) is 5.64. The van der Waals surface area contributed by atoms with Crippen LogP contribution < -0.4 is 0 Å². The van der Waals surface area contributed by atoms with Gasteiger partial charge < -0.3 is 14.9 Å². The minimum absolute atomic E-state index is 0.0165. The molecule has 148 valence electrons. The fourth-order valence-corrected chi connectivity index (χ4v) is 6.19. The molecule has 0 aliphatic carbocycles. The summed E-state index contributed by atoms with van der Waals surface area (Å²) in [6.45, 7) is 0.0457. The van der Waals surface area contributed by atoms with Gasteiger partial charge in [-0.2, -0.15) is 0 Å². The number of esters is 1. The molecule has 3 heterocycles. The van der Waals surface area contributed by atoms with Gasteiger partial charge in [-0.15, -0.1) is 34.0 Å². The van der Waals surface area contributed by atoms with Crippen molar-refractivity contribution in [3.63, 3.8) is 0 Å². The number of carbonyl (C=O) groups is 1. The number of hydrogen-bond donors (Lipinski definition) is 2. The molecule has 29 heavy (non-hydrogen) atoms. The molecule has 0 fully saturated rings. The van der Waals surface area contributed by atoms with Gasteiger partial charge >= 0.3 is 5.97 Å². The van der Waals surface area contributed by atoms with E-state index in [0.717, 1.165) is 41.8 Å². The van der Waals surface area contributed by atoms with Gasteiger partial charge in [-0.05, 0) is 57.8 Å². The molecule has 0 bridgehead atoms. The number of aliphatic hydroxyl groups is 2. The Morgan fingerprint density at radius 3 is 2.10 bits per heavy atom. The Balaban J connectivity index is 1.81. The van der Waals surface area contributed by atoms with E-state index in [1.54, 1.807) is 46.1 Å². The molecule has 0 aliphatic rings. The van der Waals surface area contributed by atoms with Crippen molar-refractivity contribution in [2.45, 2.75) is 13.2 Å². The second-order valence-corrected chi connectivity index (χ2v) is 9.25. The van der Waals surface area contributed by atoms with Crippen LogP contribution in [0.3, 0.4) is 0 Å². The van der Waals surface area contributed by atoms with Crippen LogP contribution in [-0.4, -0.2) is 23.3 Å². The number of methoxy groups -OCH3 is 1. The maximum atomic E-state index is 11.7. The highest BCUT2D eigenvalue weighted by molar-refractivity contribution is 7.26. The van der Waals surface area contributed by atoms with Crippen molar-refractivity contribution in [2.24, 2.45) is 0 Å². The predicted molar refractivity (Wildman–Crippen MR) is 120 cm³/mol. The molecule has 0 saturated carbocycles. The molecule has 0 aliphatic heterocycles. The summed E-state index contributed by atoms with van der Waals surface area (Å²) in [5.74, 6) is -0.358. The Morgan fingerprint density at radius 2 is 1.52 bits per heavy atom. The zero-order valence-electron chi connectivity index (χ0n) is 15.5. The van der Waals surface area contributed by atoms with Crippen LogP contribution in [-0.2, 0) is 18.0 Å². The smallest absolute Gasteiger partial charge is 0.337 e. The molecule has 0 saturated heterocycles. The van der Waals surface area contributed by atoms with Crippen molar-refractivity contribution in [1.29, 1.82) is 0 Å². The Hall–Kier alpha value is -2.29. The lowest BCUT2D eigenvalue weighted by Crippen LogP contribution is -2.00. The Bertz CT molecular complexity index is 1140. The van der Waals surface area contributed by atoms with E-state index in [4.69, 9.17) is 4.74 Å². The normalized spacial score (nSPS) is 11.0. The van der Waals surface area contributed by atoms with Crippen LogP contribution in [0.2, 0.25) is 0 Å². The molecule has 0 amide bonds. The van der Waals surface area contributed by atoms with Crippen molar-refractivity contribution in [3.8, 4) is 30.6 Å². The highest BCUT2D eigenvalue weighted by atomic mass is 32.1. The highest BCUT2D eigenvalue weighted by Crippen LogP contribution is 2.46. The van der Waals surface area contributed by atoms with Crippen LogP contribution >= 0.6 is 34.0 Å². The molecule has 3 aromatic heterocycles. The Morgan fingerprint density at radius 1 is 0.897 bits per heavy atom. The molecular weight excluding hydrogens is 424 g/mol. The van der Waals surface area contributed by atoms with E-state index in [0.29, 0.717) is 5.56 Å². The second-order valence-electron chi connectivity index (χ2n) is 6.38. The second kappa shape index (κ2) is 8.61. The van der Waals surface area contributed by atoms with E-state index < -0.39 is 0 Å². The number of carbonyl (C=O) groups excluding carboxylic acids is 1. The molecule has 0 atom stereocenters. The van der Waals surface area contributed by atoms with Crippen molar-refractivity contribution in [1.82, 2.24) is 0 Å². The summed E-state index contributed by atoms with van der Waals surface area (Å²) in [7, 11) is 1.37. The van der Waals surface area contributed by atoms with Gasteiger partial charge in [0.15, 0.2) is 0 Å². The van der Waals surface area contributed by atoms with Crippen LogP contribution in [0.4, 0.5) is 0 Å². The van der Waals surface area contributed by atoms with Crippen molar-refractivity contribution in [3.05, 3.63) is 69.9 Å². The topological polar surface area (TPSA) is 66.8 Å². The minimum atomic E-state index is -0.358. The van der Waals surface area contributed by atoms with Gasteiger partial charge in [0.2, 0.25) is 0 Å². The molecule has 1 aromatic carbocycles. The number of thiophene rings is 3. The molecule has 2 N–H and O–H groups in total. The fourth-order valence-electron chi connectivity index (χ4n) is 2.98. The standard InChI is InChI=1S/C22H18O4S3/c1-26-22(25)16-4-2-15(3-5-16)17-8-19(18-6-13(9-23)11-27-18)29-21(17)20-7-14(10-24)12-28-20/h2-8,11-12,23-24H,9-10H2,1H3. The van der Waals surface area contributed by atoms with Crippen LogP contribution in [0, 0.1) is 0 Å². The highest BCUT2D eigenvalue weighted by Gasteiger charge is 2.17. The molecule has 7 heteroatoms. The van der Waals surface area contributed by atoms with Crippen molar-refractivity contribution < 1.29 is 19.7 Å². The molecule has 0 spiro atoms. The fraction of sp³-hybridized carbons (Fsp3) is 0.136. The lowest BCUT2D eigenvalue weighted by Gasteiger charge is -2.04. The first kappa shape index (κ1) is 20.0. The van der Waals surface area contributed by atoms with E-state index >= 15 is 0 Å². The molecule has 0 radical (unpaired) electrons. The number of rotatable bonds is 6. The molecule has 4 aromatic rings. The van der Waals surface area contributed by atoms with Crippen LogP contribution in [0.15, 0.2) is 53.2 Å². The zero-order chi connectivity index (χ0) is 20.4. The van der Waals surface area contributed by atoms with E-state index in [2.05, 4.69) is 6.07 Å². The lowest BCUT2D eigenvalue weighted by atomic mass is 10.0. The van der Waals surface area contributed by atoms with Crippen LogP contribution in [0.5, 0.6) is 0 Å². The summed E-state index contributed by atoms with van der Waals surface area (Å²) in [5.41, 5.74) is 4.39. The van der Waals surface area contributed by atoms with E-state index in [1.165, 1.54) is 7.11 Å². The summed E-state index contributed by atoms with van der Waals surface area (Å²) in [5, 5.41) is 22.8. The van der Waals surface area contributed by atoms with Gasteiger partial charge in [0, 0.05) is 20.2 Å². The van der Waals surface area contributed by atoms with Gasteiger partial charge in [0.25, 0.3) is 0 Å². The average molecular weight is 443 g/mol. The SMILES string of the molecule is COC(=O)c1ccc(-c2cc(-c3cc(CO)cs3)sc2-c2cc(CO)cs2)cc1. The summed E-state index contributed by atoms with van der Waals surface area (Å²) in [6.07, 6.45) is 0. The molecule has 4 nitrogen and oxygen atoms in total. The first-order valence-electron chi connectivity index (χ1n) is 8.82. The van der Waals surface area contributed by atoms with Gasteiger partial charge in [-0.1, -0.05) is 12.1 Å². The lowest BCUT2D eigenvalue weighted by molar-refractivity contribution is 0.0600. The summed E-state index contributed by atoms with van der Waals surface area (Å²) in [6, 6.07) is 13.6. The van der Waals surface area contributed by atoms with Gasteiger partial charge in [0.1, 0.15) is 0 Å². The third-order valence-electron chi connectivity index (χ3n) is 4.49. The molecule has 4 rings (SSSR count). The van der Waals surface area contributed by atoms with Gasteiger partial charge in [-0.25, -0.2) is 4.79 Å². The number of benzene rings is 1. The van der Waals surface area contributed by atoms with Crippen molar-refractivity contribution >= 4 is 40.0 Å². The maximum Gasteiger partial charge on any atom is 0.337 e. The average Bonchev–Trinajstić information content (AvgIpc) is 3.51. The van der Waals surface area contributed by atoms with Crippen LogP contribution in [0.1, 0.15) is 21.5 Å². The zero-order valence-corrected chi connectivity index (χ0v) is 18.0. The van der Waals surface area contributed by atoms with E-state index in [-0.39, 0.29) is 19.2 Å². The quantitative estimate of drug-likeness (QED) is 0.379. The summed E-state index contributed by atoms with van der Waals surface area (Å²) in [4.78, 5) is 16.2. The number of hydrogen-bond acceptors (Lipinski definition) is 7. The molecular formula is C22H18O4S3. The minimum Gasteiger partial charge on any atom is -0.465 e. The van der Waals surface area contributed by atoms with Crippen LogP contribution in [0.25, 0.3) is 30.6 Å². The summed E-state index contributed by atoms with van der Waals surface area (Å²) < 4.78 is 4.79.